The van der Waals surface area contributed by atoms with E-state index >= 15 is 0 Å². The number of carbonyl (C=O) groups is 2. The van der Waals surface area contributed by atoms with Crippen LogP contribution in [0.3, 0.4) is 0 Å². The van der Waals surface area contributed by atoms with E-state index in [1.807, 2.05) is 53.4 Å². The minimum absolute atomic E-state index is 0.0232. The summed E-state index contributed by atoms with van der Waals surface area (Å²) in [6.45, 7) is 14.9. The molecule has 1 atom stereocenters. The number of ether oxygens (including phenoxy) is 1. The van der Waals surface area contributed by atoms with Gasteiger partial charge in [0, 0.05) is 31.1 Å². The Kier molecular flexibility index (Phi) is 4.72. The van der Waals surface area contributed by atoms with Gasteiger partial charge in [-0.15, -0.1) is 0 Å². The molecule has 0 aliphatic carbocycles. The minimum atomic E-state index is -0.491. The van der Waals surface area contributed by atoms with Crippen molar-refractivity contribution in [3.8, 4) is 0 Å². The van der Waals surface area contributed by atoms with Crippen molar-refractivity contribution in [3.63, 3.8) is 0 Å². The summed E-state index contributed by atoms with van der Waals surface area (Å²) in [4.78, 5) is 27.9. The summed E-state index contributed by atoms with van der Waals surface area (Å²) >= 11 is 0. The first kappa shape index (κ1) is 16.8. The molecular formula is C15H28N2O3. The largest absolute Gasteiger partial charge is 0.444 e. The molecule has 1 unspecified atom stereocenters. The lowest BCUT2D eigenvalue weighted by atomic mass is 9.94. The summed E-state index contributed by atoms with van der Waals surface area (Å²) in [5, 5.41) is 0. The van der Waals surface area contributed by atoms with Crippen LogP contribution in [0.2, 0.25) is 0 Å². The van der Waals surface area contributed by atoms with E-state index in [1.54, 1.807) is 4.90 Å². The lowest BCUT2D eigenvalue weighted by Gasteiger charge is -2.42. The molecule has 0 saturated carbocycles. The van der Waals surface area contributed by atoms with Crippen molar-refractivity contribution in [3.05, 3.63) is 0 Å². The molecule has 1 aliphatic rings. The number of piperazine rings is 1. The van der Waals surface area contributed by atoms with E-state index in [4.69, 9.17) is 4.74 Å². The zero-order valence-corrected chi connectivity index (χ0v) is 13.8. The van der Waals surface area contributed by atoms with Gasteiger partial charge in [0.2, 0.25) is 5.91 Å². The van der Waals surface area contributed by atoms with Crippen LogP contribution in [0.15, 0.2) is 0 Å². The van der Waals surface area contributed by atoms with Gasteiger partial charge in [-0.25, -0.2) is 4.79 Å². The minimum Gasteiger partial charge on any atom is -0.444 e. The van der Waals surface area contributed by atoms with Crippen LogP contribution in [0.25, 0.3) is 0 Å². The first-order valence-electron chi connectivity index (χ1n) is 7.21. The predicted octanol–water partition coefficient (Wildman–Crippen LogP) is 2.50. The quantitative estimate of drug-likeness (QED) is 0.686. The van der Waals surface area contributed by atoms with E-state index < -0.39 is 5.60 Å². The van der Waals surface area contributed by atoms with Crippen LogP contribution in [0.4, 0.5) is 4.79 Å². The molecule has 1 saturated heterocycles. The molecule has 0 bridgehead atoms. The van der Waals surface area contributed by atoms with E-state index in [-0.39, 0.29) is 23.5 Å². The van der Waals surface area contributed by atoms with Gasteiger partial charge >= 0.3 is 6.09 Å². The summed E-state index contributed by atoms with van der Waals surface area (Å²) in [7, 11) is 0. The SMILES string of the molecule is CC1CN(C(=O)C(C)(C)C)CCN1C(=O)OC(C)(C)C. The van der Waals surface area contributed by atoms with E-state index in [0.717, 1.165) is 0 Å². The maximum Gasteiger partial charge on any atom is 0.410 e. The van der Waals surface area contributed by atoms with Crippen molar-refractivity contribution in [2.75, 3.05) is 19.6 Å². The van der Waals surface area contributed by atoms with Crippen LogP contribution >= 0.6 is 0 Å². The van der Waals surface area contributed by atoms with Crippen molar-refractivity contribution in [1.29, 1.82) is 0 Å². The molecule has 0 spiro atoms. The van der Waals surface area contributed by atoms with Crippen LogP contribution < -0.4 is 0 Å². The van der Waals surface area contributed by atoms with E-state index in [1.165, 1.54) is 0 Å². The number of rotatable bonds is 0. The molecule has 20 heavy (non-hydrogen) atoms. The molecule has 0 radical (unpaired) electrons. The second-order valence-corrected chi connectivity index (χ2v) is 7.52. The highest BCUT2D eigenvalue weighted by molar-refractivity contribution is 5.82. The normalized spacial score (nSPS) is 20.9. The van der Waals surface area contributed by atoms with Crippen molar-refractivity contribution in [1.82, 2.24) is 9.80 Å². The summed E-state index contributed by atoms with van der Waals surface area (Å²) in [5.41, 5.74) is -0.872. The second-order valence-electron chi connectivity index (χ2n) is 7.52. The van der Waals surface area contributed by atoms with E-state index in [9.17, 15) is 9.59 Å². The molecule has 0 N–H and O–H groups in total. The lowest BCUT2D eigenvalue weighted by Crippen LogP contribution is -2.57. The van der Waals surface area contributed by atoms with Crippen LogP contribution in [-0.2, 0) is 9.53 Å². The highest BCUT2D eigenvalue weighted by Crippen LogP contribution is 2.21. The third-order valence-electron chi connectivity index (χ3n) is 3.18. The summed E-state index contributed by atoms with van der Waals surface area (Å²) < 4.78 is 5.39. The van der Waals surface area contributed by atoms with Crippen LogP contribution in [-0.4, -0.2) is 53.1 Å². The highest BCUT2D eigenvalue weighted by Gasteiger charge is 2.35. The van der Waals surface area contributed by atoms with Crippen LogP contribution in [0, 0.1) is 5.41 Å². The van der Waals surface area contributed by atoms with Crippen LogP contribution in [0.5, 0.6) is 0 Å². The summed E-state index contributed by atoms with van der Waals surface area (Å²) in [5.74, 6) is 0.133. The van der Waals surface area contributed by atoms with Gasteiger partial charge in [0.25, 0.3) is 0 Å². The molecule has 1 fully saturated rings. The maximum absolute atomic E-state index is 12.3. The molecule has 0 aromatic carbocycles. The summed E-state index contributed by atoms with van der Waals surface area (Å²) in [6, 6.07) is -0.0232. The van der Waals surface area contributed by atoms with Gasteiger partial charge in [-0.2, -0.15) is 0 Å². The third kappa shape index (κ3) is 4.39. The predicted molar refractivity (Wildman–Crippen MR) is 78.4 cm³/mol. The van der Waals surface area contributed by atoms with Crippen molar-refractivity contribution in [2.45, 2.75) is 60.1 Å². The van der Waals surface area contributed by atoms with Gasteiger partial charge in [0.05, 0.1) is 0 Å². The number of amides is 2. The van der Waals surface area contributed by atoms with Crippen molar-refractivity contribution < 1.29 is 14.3 Å². The Labute approximate surface area is 122 Å². The van der Waals surface area contributed by atoms with Gasteiger partial charge < -0.3 is 14.5 Å². The number of nitrogens with zero attached hydrogens (tertiary/aromatic N) is 2. The first-order valence-corrected chi connectivity index (χ1v) is 7.21. The molecule has 5 heteroatoms. The van der Waals surface area contributed by atoms with E-state index in [0.29, 0.717) is 19.6 Å². The topological polar surface area (TPSA) is 49.9 Å². The third-order valence-corrected chi connectivity index (χ3v) is 3.18. The van der Waals surface area contributed by atoms with Gasteiger partial charge in [0.15, 0.2) is 0 Å². The van der Waals surface area contributed by atoms with Gasteiger partial charge in [-0.1, -0.05) is 20.8 Å². The fourth-order valence-electron chi connectivity index (χ4n) is 2.21. The Morgan fingerprint density at radius 1 is 1.05 bits per heavy atom. The van der Waals surface area contributed by atoms with Gasteiger partial charge in [-0.05, 0) is 27.7 Å². The standard InChI is InChI=1S/C15H28N2O3/c1-11-10-16(12(18)14(2,3)4)8-9-17(11)13(19)20-15(5,6)7/h11H,8-10H2,1-7H3. The first-order chi connectivity index (χ1) is 8.92. The fourth-order valence-corrected chi connectivity index (χ4v) is 2.21. The Bertz CT molecular complexity index is 380. The van der Waals surface area contributed by atoms with E-state index in [2.05, 4.69) is 0 Å². The molecule has 5 nitrogen and oxygen atoms in total. The van der Waals surface area contributed by atoms with Crippen LogP contribution in [0.1, 0.15) is 48.5 Å². The number of carbonyl (C=O) groups excluding carboxylic acids is 2. The molecule has 116 valence electrons. The molecule has 1 heterocycles. The van der Waals surface area contributed by atoms with Gasteiger partial charge in [-0.3, -0.25) is 4.79 Å². The van der Waals surface area contributed by atoms with Crippen molar-refractivity contribution in [2.24, 2.45) is 5.41 Å². The second kappa shape index (κ2) is 5.62. The average Bonchev–Trinajstić information content (AvgIpc) is 2.23. The molecular weight excluding hydrogens is 256 g/mol. The van der Waals surface area contributed by atoms with Crippen molar-refractivity contribution >= 4 is 12.0 Å². The number of hydrogen-bond acceptors (Lipinski definition) is 3. The zero-order valence-electron chi connectivity index (χ0n) is 13.8. The molecule has 0 aromatic heterocycles. The maximum atomic E-state index is 12.3. The Hall–Kier alpha value is -1.26. The Balaban J connectivity index is 2.65. The monoisotopic (exact) mass is 284 g/mol. The lowest BCUT2D eigenvalue weighted by molar-refractivity contribution is -0.142. The Morgan fingerprint density at radius 3 is 2.00 bits per heavy atom. The molecule has 1 rings (SSSR count). The highest BCUT2D eigenvalue weighted by atomic mass is 16.6. The molecule has 1 aliphatic heterocycles. The average molecular weight is 284 g/mol. The summed E-state index contributed by atoms with van der Waals surface area (Å²) in [6.07, 6.45) is -0.298. The molecule has 0 aromatic rings. The smallest absolute Gasteiger partial charge is 0.410 e. The number of hydrogen-bond donors (Lipinski definition) is 0. The Morgan fingerprint density at radius 2 is 1.60 bits per heavy atom. The molecule has 2 amide bonds. The van der Waals surface area contributed by atoms with Gasteiger partial charge in [0.1, 0.15) is 5.60 Å². The zero-order chi connectivity index (χ0) is 15.7. The fraction of sp³-hybridized carbons (Fsp3) is 0.867.